The van der Waals surface area contributed by atoms with Crippen LogP contribution in [0, 0.1) is 13.8 Å². The predicted molar refractivity (Wildman–Crippen MR) is 77.7 cm³/mol. The second-order valence-corrected chi connectivity index (χ2v) is 5.06. The van der Waals surface area contributed by atoms with E-state index in [1.807, 2.05) is 44.2 Å². The van der Waals surface area contributed by atoms with Gasteiger partial charge in [-0.1, -0.05) is 29.8 Å². The second-order valence-electron chi connectivity index (χ2n) is 5.06. The number of aryl methyl sites for hydroxylation is 2. The topological polar surface area (TPSA) is 65.1 Å². The number of nitrogens with two attached hydrogens (primary N) is 1. The van der Waals surface area contributed by atoms with Crippen molar-refractivity contribution in [2.75, 3.05) is 0 Å². The van der Waals surface area contributed by atoms with Crippen molar-refractivity contribution in [3.05, 3.63) is 58.4 Å². The number of carbonyl (C=O) groups is 2. The fraction of sp³-hybridized carbons (Fsp3) is 0.250. The molecule has 1 heterocycles. The van der Waals surface area contributed by atoms with Gasteiger partial charge in [-0.15, -0.1) is 0 Å². The Balaban J connectivity index is 2.42. The first-order valence-corrected chi connectivity index (χ1v) is 6.45. The number of rotatable bonds is 4. The van der Waals surface area contributed by atoms with E-state index in [0.717, 1.165) is 16.8 Å². The highest BCUT2D eigenvalue weighted by Crippen LogP contribution is 2.19. The van der Waals surface area contributed by atoms with Gasteiger partial charge in [-0.25, -0.2) is 0 Å². The maximum atomic E-state index is 12.6. The Bertz CT molecular complexity index is 667. The summed E-state index contributed by atoms with van der Waals surface area (Å²) in [6, 6.07) is 9.30. The Hall–Kier alpha value is -2.36. The smallest absolute Gasteiger partial charge is 0.223 e. The molecule has 0 saturated heterocycles. The van der Waals surface area contributed by atoms with Crippen LogP contribution >= 0.6 is 0 Å². The van der Waals surface area contributed by atoms with E-state index in [0.29, 0.717) is 11.3 Å². The maximum Gasteiger partial charge on any atom is 0.223 e. The molecule has 4 heteroatoms. The highest BCUT2D eigenvalue weighted by atomic mass is 16.1. The standard InChI is InChI=1S/C16H18N2O2/c1-10-4-6-12(7-5-10)16(20)15-11(2)8-13(18(15)3)9-14(17)19/h4-8H,9H2,1-3H3,(H2,17,19). The van der Waals surface area contributed by atoms with E-state index < -0.39 is 5.91 Å². The zero-order valence-electron chi connectivity index (χ0n) is 11.9. The number of hydrogen-bond acceptors (Lipinski definition) is 2. The number of carbonyl (C=O) groups excluding carboxylic acids is 2. The number of ketones is 1. The minimum atomic E-state index is -0.403. The van der Waals surface area contributed by atoms with Crippen molar-refractivity contribution in [2.24, 2.45) is 12.8 Å². The fourth-order valence-corrected chi connectivity index (χ4v) is 2.34. The largest absolute Gasteiger partial charge is 0.369 e. The Morgan fingerprint density at radius 3 is 2.30 bits per heavy atom. The highest BCUT2D eigenvalue weighted by molar-refractivity contribution is 6.09. The summed E-state index contributed by atoms with van der Waals surface area (Å²) in [6.07, 6.45) is 0.137. The third-order valence-corrected chi connectivity index (χ3v) is 3.41. The van der Waals surface area contributed by atoms with E-state index in [-0.39, 0.29) is 12.2 Å². The van der Waals surface area contributed by atoms with Gasteiger partial charge in [-0.05, 0) is 25.5 Å². The molecule has 4 nitrogen and oxygen atoms in total. The van der Waals surface area contributed by atoms with Crippen LogP contribution in [0.15, 0.2) is 30.3 Å². The quantitative estimate of drug-likeness (QED) is 0.862. The number of primary amides is 1. The third kappa shape index (κ3) is 2.64. The molecule has 0 bridgehead atoms. The minimum absolute atomic E-state index is 0.0410. The highest BCUT2D eigenvalue weighted by Gasteiger charge is 2.18. The van der Waals surface area contributed by atoms with Gasteiger partial charge in [0.2, 0.25) is 11.7 Å². The first-order chi connectivity index (χ1) is 9.40. The summed E-state index contributed by atoms with van der Waals surface area (Å²) in [6.45, 7) is 3.85. The Labute approximate surface area is 118 Å². The molecule has 1 aromatic carbocycles. The molecule has 0 radical (unpaired) electrons. The lowest BCUT2D eigenvalue weighted by molar-refractivity contribution is -0.117. The maximum absolute atomic E-state index is 12.6. The van der Waals surface area contributed by atoms with Crippen molar-refractivity contribution < 1.29 is 9.59 Å². The Morgan fingerprint density at radius 1 is 1.15 bits per heavy atom. The number of benzene rings is 1. The molecule has 2 rings (SSSR count). The van der Waals surface area contributed by atoms with E-state index in [1.54, 1.807) is 11.6 Å². The van der Waals surface area contributed by atoms with Gasteiger partial charge in [0.1, 0.15) is 0 Å². The number of aromatic nitrogens is 1. The number of hydrogen-bond donors (Lipinski definition) is 1. The molecule has 1 amide bonds. The molecule has 0 aliphatic rings. The average Bonchev–Trinajstić information content (AvgIpc) is 2.64. The lowest BCUT2D eigenvalue weighted by Crippen LogP contribution is -2.17. The molecule has 20 heavy (non-hydrogen) atoms. The molecule has 0 spiro atoms. The second kappa shape index (κ2) is 5.33. The molecule has 1 aromatic heterocycles. The molecule has 0 aliphatic carbocycles. The van der Waals surface area contributed by atoms with Gasteiger partial charge in [0.05, 0.1) is 12.1 Å². The lowest BCUT2D eigenvalue weighted by Gasteiger charge is -2.07. The van der Waals surface area contributed by atoms with Crippen LogP contribution in [0.4, 0.5) is 0 Å². The molecule has 0 aliphatic heterocycles. The third-order valence-electron chi connectivity index (χ3n) is 3.41. The fourth-order valence-electron chi connectivity index (χ4n) is 2.34. The van der Waals surface area contributed by atoms with Crippen LogP contribution in [0.3, 0.4) is 0 Å². The summed E-state index contributed by atoms with van der Waals surface area (Å²) in [4.78, 5) is 23.6. The van der Waals surface area contributed by atoms with Crippen LogP contribution in [-0.2, 0) is 18.3 Å². The first-order valence-electron chi connectivity index (χ1n) is 6.45. The van der Waals surface area contributed by atoms with Crippen LogP contribution in [-0.4, -0.2) is 16.3 Å². The van der Waals surface area contributed by atoms with Gasteiger partial charge in [-0.2, -0.15) is 0 Å². The van der Waals surface area contributed by atoms with Gasteiger partial charge < -0.3 is 10.3 Å². The van der Waals surface area contributed by atoms with Crippen molar-refractivity contribution in [1.82, 2.24) is 4.57 Å². The van der Waals surface area contributed by atoms with Crippen LogP contribution in [0.5, 0.6) is 0 Å². The molecular formula is C16H18N2O2. The summed E-state index contributed by atoms with van der Waals surface area (Å²) in [7, 11) is 1.78. The Morgan fingerprint density at radius 2 is 1.75 bits per heavy atom. The van der Waals surface area contributed by atoms with Crippen LogP contribution in [0.1, 0.15) is 32.9 Å². The van der Waals surface area contributed by atoms with Crippen molar-refractivity contribution in [3.8, 4) is 0 Å². The average molecular weight is 270 g/mol. The lowest BCUT2D eigenvalue weighted by atomic mass is 10.0. The van der Waals surface area contributed by atoms with Crippen molar-refractivity contribution in [1.29, 1.82) is 0 Å². The summed E-state index contributed by atoms with van der Waals surface area (Å²) in [5.74, 6) is -0.444. The molecule has 2 aromatic rings. The van der Waals surface area contributed by atoms with Crippen molar-refractivity contribution >= 4 is 11.7 Å². The van der Waals surface area contributed by atoms with E-state index in [1.165, 1.54) is 0 Å². The zero-order valence-corrected chi connectivity index (χ0v) is 11.9. The molecule has 0 atom stereocenters. The zero-order chi connectivity index (χ0) is 14.9. The van der Waals surface area contributed by atoms with Crippen LogP contribution < -0.4 is 5.73 Å². The molecule has 2 N–H and O–H groups in total. The van der Waals surface area contributed by atoms with Crippen molar-refractivity contribution in [2.45, 2.75) is 20.3 Å². The van der Waals surface area contributed by atoms with Gasteiger partial charge in [0.15, 0.2) is 0 Å². The predicted octanol–water partition coefficient (Wildman–Crippen LogP) is 1.90. The van der Waals surface area contributed by atoms with Gasteiger partial charge in [0, 0.05) is 18.3 Å². The van der Waals surface area contributed by atoms with Crippen LogP contribution in [0.2, 0.25) is 0 Å². The number of nitrogens with zero attached hydrogens (tertiary/aromatic N) is 1. The minimum Gasteiger partial charge on any atom is -0.369 e. The summed E-state index contributed by atoms with van der Waals surface area (Å²) >= 11 is 0. The normalized spacial score (nSPS) is 10.6. The van der Waals surface area contributed by atoms with Crippen LogP contribution in [0.25, 0.3) is 0 Å². The molecule has 0 saturated carbocycles. The molecular weight excluding hydrogens is 252 g/mol. The molecule has 104 valence electrons. The summed E-state index contributed by atoms with van der Waals surface area (Å²) in [5, 5.41) is 0. The monoisotopic (exact) mass is 270 g/mol. The first kappa shape index (κ1) is 14.1. The number of amides is 1. The van der Waals surface area contributed by atoms with Gasteiger partial charge in [-0.3, -0.25) is 9.59 Å². The molecule has 0 fully saturated rings. The summed E-state index contributed by atoms with van der Waals surface area (Å²) in [5.41, 5.74) is 9.19. The van der Waals surface area contributed by atoms with E-state index in [2.05, 4.69) is 0 Å². The van der Waals surface area contributed by atoms with Gasteiger partial charge >= 0.3 is 0 Å². The van der Waals surface area contributed by atoms with E-state index in [9.17, 15) is 9.59 Å². The van der Waals surface area contributed by atoms with Crippen molar-refractivity contribution in [3.63, 3.8) is 0 Å². The van der Waals surface area contributed by atoms with Gasteiger partial charge in [0.25, 0.3) is 0 Å². The van der Waals surface area contributed by atoms with E-state index in [4.69, 9.17) is 5.73 Å². The summed E-state index contributed by atoms with van der Waals surface area (Å²) < 4.78 is 1.75. The SMILES string of the molecule is Cc1ccc(C(=O)c2c(C)cc(CC(N)=O)n2C)cc1. The Kier molecular flexibility index (Phi) is 3.74. The van der Waals surface area contributed by atoms with E-state index >= 15 is 0 Å². The molecule has 0 unspecified atom stereocenters.